The molecule has 0 N–H and O–H groups in total. The number of benzene rings is 2. The fourth-order valence-electron chi connectivity index (χ4n) is 5.13. The summed E-state index contributed by atoms with van der Waals surface area (Å²) >= 11 is 0. The maximum atomic E-state index is 13.1. The maximum Gasteiger partial charge on any atom is 0.242 e. The number of fused-ring (bicyclic) bond motifs is 2. The van der Waals surface area contributed by atoms with E-state index in [0.717, 1.165) is 48.5 Å². The van der Waals surface area contributed by atoms with E-state index in [4.69, 9.17) is 14.5 Å². The lowest BCUT2D eigenvalue weighted by atomic mass is 10.1. The second kappa shape index (κ2) is 8.10. The summed E-state index contributed by atoms with van der Waals surface area (Å²) in [6, 6.07) is 13.5. The van der Waals surface area contributed by atoms with Crippen LogP contribution in [0.1, 0.15) is 37.4 Å². The third kappa shape index (κ3) is 3.59. The van der Waals surface area contributed by atoms with E-state index < -0.39 is 0 Å². The molecule has 0 bridgehead atoms. The van der Waals surface area contributed by atoms with E-state index in [1.165, 1.54) is 6.42 Å². The molecule has 1 atom stereocenters. The van der Waals surface area contributed by atoms with Gasteiger partial charge in [-0.25, -0.2) is 4.98 Å². The number of aromatic nitrogens is 2. The van der Waals surface area contributed by atoms with E-state index in [1.54, 1.807) is 4.90 Å². The molecule has 4 heterocycles. The Labute approximate surface area is 191 Å². The van der Waals surface area contributed by atoms with Crippen molar-refractivity contribution in [2.24, 2.45) is 0 Å². The zero-order valence-corrected chi connectivity index (χ0v) is 18.4. The zero-order valence-electron chi connectivity index (χ0n) is 18.4. The van der Waals surface area contributed by atoms with Crippen LogP contribution in [-0.4, -0.2) is 52.7 Å². The number of piperidine rings is 1. The summed E-state index contributed by atoms with van der Waals surface area (Å²) in [5.74, 6) is 2.22. The van der Waals surface area contributed by atoms with Crippen LogP contribution in [0.3, 0.4) is 0 Å². The lowest BCUT2D eigenvalue weighted by Crippen LogP contribution is -2.38. The molecule has 1 aromatic heterocycles. The van der Waals surface area contributed by atoms with Crippen molar-refractivity contribution in [3.8, 4) is 11.5 Å². The highest BCUT2D eigenvalue weighted by atomic mass is 16.7. The Morgan fingerprint density at radius 1 is 1.03 bits per heavy atom. The summed E-state index contributed by atoms with van der Waals surface area (Å²) in [7, 11) is 0. The largest absolute Gasteiger partial charge is 0.454 e. The molecular formula is C25H26N4O4. The predicted octanol–water partition coefficient (Wildman–Crippen LogP) is 3.30. The number of para-hydroxylation sites is 2. The van der Waals surface area contributed by atoms with Crippen LogP contribution in [0.2, 0.25) is 0 Å². The van der Waals surface area contributed by atoms with Crippen LogP contribution >= 0.6 is 0 Å². The fraction of sp³-hybridized carbons (Fsp3) is 0.400. The molecule has 3 aliphatic heterocycles. The number of hydrogen-bond acceptors (Lipinski definition) is 5. The van der Waals surface area contributed by atoms with Gasteiger partial charge in [0.2, 0.25) is 18.6 Å². The van der Waals surface area contributed by atoms with Gasteiger partial charge in [-0.2, -0.15) is 0 Å². The molecule has 6 rings (SSSR count). The molecular weight excluding hydrogens is 420 g/mol. The molecule has 2 saturated heterocycles. The highest BCUT2D eigenvalue weighted by Gasteiger charge is 2.36. The normalized spacial score (nSPS) is 20.1. The Morgan fingerprint density at radius 2 is 1.85 bits per heavy atom. The van der Waals surface area contributed by atoms with E-state index >= 15 is 0 Å². The highest BCUT2D eigenvalue weighted by Crippen LogP contribution is 2.39. The average Bonchev–Trinajstić information content (AvgIpc) is 3.56. The molecule has 2 amide bonds. The molecule has 170 valence electrons. The molecule has 33 heavy (non-hydrogen) atoms. The highest BCUT2D eigenvalue weighted by molar-refractivity contribution is 5.97. The van der Waals surface area contributed by atoms with Gasteiger partial charge in [0.1, 0.15) is 12.4 Å². The third-order valence-corrected chi connectivity index (χ3v) is 6.84. The molecule has 3 aromatic rings. The molecule has 0 spiro atoms. The van der Waals surface area contributed by atoms with Gasteiger partial charge in [0.05, 0.1) is 11.0 Å². The second-order valence-electron chi connectivity index (χ2n) is 8.93. The summed E-state index contributed by atoms with van der Waals surface area (Å²) < 4.78 is 12.9. The zero-order chi connectivity index (χ0) is 22.4. The molecule has 0 aliphatic carbocycles. The van der Waals surface area contributed by atoms with Crippen LogP contribution in [0.4, 0.5) is 5.69 Å². The first kappa shape index (κ1) is 20.1. The first-order valence-corrected chi connectivity index (χ1v) is 11.6. The summed E-state index contributed by atoms with van der Waals surface area (Å²) in [5, 5.41) is 0. The van der Waals surface area contributed by atoms with Gasteiger partial charge in [-0.3, -0.25) is 9.59 Å². The lowest BCUT2D eigenvalue weighted by Gasteiger charge is -2.27. The molecule has 1 unspecified atom stereocenters. The first-order chi connectivity index (χ1) is 16.2. The molecule has 0 radical (unpaired) electrons. The minimum absolute atomic E-state index is 0.0415. The van der Waals surface area contributed by atoms with Crippen molar-refractivity contribution in [2.75, 3.05) is 31.3 Å². The number of hydrogen-bond donors (Lipinski definition) is 0. The number of ether oxygens (including phenoxy) is 2. The van der Waals surface area contributed by atoms with Gasteiger partial charge in [-0.15, -0.1) is 0 Å². The van der Waals surface area contributed by atoms with Crippen molar-refractivity contribution in [3.63, 3.8) is 0 Å². The summed E-state index contributed by atoms with van der Waals surface area (Å²) in [6.07, 6.45) is 3.66. The van der Waals surface area contributed by atoms with Crippen LogP contribution < -0.4 is 14.4 Å². The van der Waals surface area contributed by atoms with Crippen molar-refractivity contribution >= 4 is 28.5 Å². The molecule has 2 fully saturated rings. The van der Waals surface area contributed by atoms with Gasteiger partial charge in [-0.1, -0.05) is 12.1 Å². The Bertz CT molecular complexity index is 1230. The Morgan fingerprint density at radius 3 is 2.73 bits per heavy atom. The molecule has 2 aromatic carbocycles. The van der Waals surface area contributed by atoms with Crippen LogP contribution in [0.5, 0.6) is 11.5 Å². The number of carbonyl (C=O) groups excluding carboxylic acids is 2. The van der Waals surface area contributed by atoms with E-state index in [0.29, 0.717) is 24.5 Å². The van der Waals surface area contributed by atoms with Gasteiger partial charge < -0.3 is 23.8 Å². The Balaban J connectivity index is 1.30. The number of imidazole rings is 1. The standard InChI is InChI=1S/C25H26N4O4/c30-23-12-17(14-28(23)18-8-9-21-22(13-18)33-16-32-21)25-26-19-6-2-3-7-20(19)29(25)15-24(31)27-10-4-1-5-11-27/h2-3,6-9,13,17H,1,4-5,10-12,14-16H2. The summed E-state index contributed by atoms with van der Waals surface area (Å²) in [4.78, 5) is 34.7. The van der Waals surface area contributed by atoms with Crippen LogP contribution in [0.15, 0.2) is 42.5 Å². The first-order valence-electron chi connectivity index (χ1n) is 11.6. The second-order valence-corrected chi connectivity index (χ2v) is 8.93. The lowest BCUT2D eigenvalue weighted by molar-refractivity contribution is -0.132. The minimum Gasteiger partial charge on any atom is -0.454 e. The molecule has 0 saturated carbocycles. The van der Waals surface area contributed by atoms with Crippen LogP contribution in [0.25, 0.3) is 11.0 Å². The van der Waals surface area contributed by atoms with Crippen molar-refractivity contribution in [1.29, 1.82) is 0 Å². The number of likely N-dealkylation sites (tertiary alicyclic amines) is 1. The quantitative estimate of drug-likeness (QED) is 0.615. The number of nitrogens with zero attached hydrogens (tertiary/aromatic N) is 4. The van der Waals surface area contributed by atoms with E-state index in [1.807, 2.05) is 51.9 Å². The van der Waals surface area contributed by atoms with Crippen molar-refractivity contribution < 1.29 is 19.1 Å². The van der Waals surface area contributed by atoms with Gasteiger partial charge in [-0.05, 0) is 43.5 Å². The van der Waals surface area contributed by atoms with Gasteiger partial charge >= 0.3 is 0 Å². The van der Waals surface area contributed by atoms with E-state index in [-0.39, 0.29) is 31.1 Å². The third-order valence-electron chi connectivity index (χ3n) is 6.84. The molecule has 8 nitrogen and oxygen atoms in total. The average molecular weight is 447 g/mol. The maximum absolute atomic E-state index is 13.1. The Hall–Kier alpha value is -3.55. The molecule has 8 heteroatoms. The van der Waals surface area contributed by atoms with Gasteiger partial charge in [0.25, 0.3) is 0 Å². The number of rotatable bonds is 4. The van der Waals surface area contributed by atoms with Crippen LogP contribution in [0, 0.1) is 0 Å². The smallest absolute Gasteiger partial charge is 0.242 e. The van der Waals surface area contributed by atoms with E-state index in [9.17, 15) is 9.59 Å². The van der Waals surface area contributed by atoms with Gasteiger partial charge in [0, 0.05) is 43.7 Å². The molecule has 3 aliphatic rings. The van der Waals surface area contributed by atoms with E-state index in [2.05, 4.69) is 0 Å². The van der Waals surface area contributed by atoms with Crippen molar-refractivity contribution in [2.45, 2.75) is 38.1 Å². The monoisotopic (exact) mass is 446 g/mol. The number of amides is 2. The minimum atomic E-state index is -0.0931. The van der Waals surface area contributed by atoms with Crippen molar-refractivity contribution in [1.82, 2.24) is 14.5 Å². The predicted molar refractivity (Wildman–Crippen MR) is 122 cm³/mol. The fourth-order valence-corrected chi connectivity index (χ4v) is 5.13. The number of anilines is 1. The number of carbonyl (C=O) groups is 2. The van der Waals surface area contributed by atoms with Crippen molar-refractivity contribution in [3.05, 3.63) is 48.3 Å². The Kier molecular flexibility index (Phi) is 4.93. The van der Waals surface area contributed by atoms with Crippen LogP contribution in [-0.2, 0) is 16.1 Å². The summed E-state index contributed by atoms with van der Waals surface area (Å²) in [6.45, 7) is 2.61. The van der Waals surface area contributed by atoms with Gasteiger partial charge in [0.15, 0.2) is 11.5 Å². The summed E-state index contributed by atoms with van der Waals surface area (Å²) in [5.41, 5.74) is 2.58. The topological polar surface area (TPSA) is 76.9 Å². The SMILES string of the molecule is O=C(Cn1c(C2CC(=O)N(c3ccc4c(c3)OCO4)C2)nc2ccccc21)N1CCCCC1.